The maximum absolute atomic E-state index is 11.0. The largest absolute Gasteiger partial charge is 0.368 e. The molecule has 2 rings (SSSR count). The van der Waals surface area contributed by atoms with Gasteiger partial charge < -0.3 is 11.5 Å². The number of hydrogen-bond donors (Lipinski definition) is 2. The monoisotopic (exact) mass is 225 g/mol. The molecule has 1 aliphatic carbocycles. The van der Waals surface area contributed by atoms with Crippen LogP contribution in [0.15, 0.2) is 0 Å². The summed E-state index contributed by atoms with van der Waals surface area (Å²) in [5.74, 6) is 0.459. The Kier molecular flexibility index (Phi) is 3.82. The van der Waals surface area contributed by atoms with E-state index in [9.17, 15) is 4.79 Å². The molecule has 0 spiro atoms. The Labute approximate surface area is 97.3 Å². The van der Waals surface area contributed by atoms with E-state index in [-0.39, 0.29) is 5.91 Å². The zero-order chi connectivity index (χ0) is 11.5. The standard InChI is InChI=1S/C12H23N3O/c13-10(12(14)16)8-15-7-3-5-9-4-1-2-6-11(9)15/h9-11H,1-8,13H2,(H2,14,16)/t9-,10?,11-/m1/s1. The van der Waals surface area contributed by atoms with E-state index in [0.717, 1.165) is 12.5 Å². The average molecular weight is 225 g/mol. The van der Waals surface area contributed by atoms with Crippen molar-refractivity contribution in [1.82, 2.24) is 4.90 Å². The number of rotatable bonds is 3. The summed E-state index contributed by atoms with van der Waals surface area (Å²) in [6, 6.07) is 0.161. The van der Waals surface area contributed by atoms with E-state index in [1.54, 1.807) is 0 Å². The van der Waals surface area contributed by atoms with Gasteiger partial charge in [0.1, 0.15) is 0 Å². The van der Waals surface area contributed by atoms with Crippen molar-refractivity contribution in [2.75, 3.05) is 13.1 Å². The first-order chi connectivity index (χ1) is 7.68. The van der Waals surface area contributed by atoms with Crippen molar-refractivity contribution in [3.8, 4) is 0 Å². The molecule has 0 bridgehead atoms. The maximum atomic E-state index is 11.0. The Morgan fingerprint density at radius 3 is 2.69 bits per heavy atom. The summed E-state index contributed by atoms with van der Waals surface area (Å²) < 4.78 is 0. The molecule has 2 fully saturated rings. The van der Waals surface area contributed by atoms with Crippen LogP contribution in [-0.4, -0.2) is 36.0 Å². The molecule has 4 heteroatoms. The van der Waals surface area contributed by atoms with E-state index in [2.05, 4.69) is 4.90 Å². The number of piperidine rings is 1. The molecule has 1 heterocycles. The van der Waals surface area contributed by atoms with Crippen LogP contribution in [0, 0.1) is 5.92 Å². The van der Waals surface area contributed by atoms with Gasteiger partial charge in [-0.05, 0) is 38.1 Å². The lowest BCUT2D eigenvalue weighted by Gasteiger charge is -2.44. The minimum atomic E-state index is -0.499. The normalized spacial score (nSPS) is 33.1. The summed E-state index contributed by atoms with van der Waals surface area (Å²) >= 11 is 0. The number of carbonyl (C=O) groups excluding carboxylic acids is 1. The highest BCUT2D eigenvalue weighted by Gasteiger charge is 2.34. The van der Waals surface area contributed by atoms with Gasteiger partial charge >= 0.3 is 0 Å². The quantitative estimate of drug-likeness (QED) is 0.732. The summed E-state index contributed by atoms with van der Waals surface area (Å²) in [6.45, 7) is 1.73. The molecule has 1 unspecified atom stereocenters. The molecule has 0 aromatic carbocycles. The molecule has 4 nitrogen and oxygen atoms in total. The van der Waals surface area contributed by atoms with Gasteiger partial charge in [0.25, 0.3) is 0 Å². The fourth-order valence-corrected chi connectivity index (χ4v) is 3.30. The van der Waals surface area contributed by atoms with Crippen molar-refractivity contribution < 1.29 is 4.79 Å². The van der Waals surface area contributed by atoms with Crippen LogP contribution in [0.1, 0.15) is 38.5 Å². The predicted molar refractivity (Wildman–Crippen MR) is 63.7 cm³/mol. The molecule has 1 saturated heterocycles. The molecule has 4 N–H and O–H groups in total. The summed E-state index contributed by atoms with van der Waals surface area (Å²) in [5, 5.41) is 0. The minimum Gasteiger partial charge on any atom is -0.368 e. The highest BCUT2D eigenvalue weighted by Crippen LogP contribution is 2.35. The van der Waals surface area contributed by atoms with E-state index in [4.69, 9.17) is 11.5 Å². The van der Waals surface area contributed by atoms with Crippen molar-refractivity contribution in [3.63, 3.8) is 0 Å². The second kappa shape index (κ2) is 5.15. The summed E-state index contributed by atoms with van der Waals surface area (Å²) in [4.78, 5) is 13.4. The molecule has 0 aromatic rings. The molecular formula is C12H23N3O. The number of likely N-dealkylation sites (tertiary alicyclic amines) is 1. The van der Waals surface area contributed by atoms with Crippen molar-refractivity contribution in [1.29, 1.82) is 0 Å². The Morgan fingerprint density at radius 1 is 1.25 bits per heavy atom. The topological polar surface area (TPSA) is 72.3 Å². The molecule has 1 amide bonds. The van der Waals surface area contributed by atoms with Crippen LogP contribution in [0.3, 0.4) is 0 Å². The lowest BCUT2D eigenvalue weighted by molar-refractivity contribution is -0.120. The molecule has 1 saturated carbocycles. The van der Waals surface area contributed by atoms with Gasteiger partial charge in [0, 0.05) is 12.6 Å². The maximum Gasteiger partial charge on any atom is 0.235 e. The molecule has 3 atom stereocenters. The first kappa shape index (κ1) is 11.9. The van der Waals surface area contributed by atoms with Gasteiger partial charge in [-0.2, -0.15) is 0 Å². The van der Waals surface area contributed by atoms with E-state index >= 15 is 0 Å². The van der Waals surface area contributed by atoms with Crippen LogP contribution < -0.4 is 11.5 Å². The third-order valence-electron chi connectivity index (χ3n) is 4.15. The number of hydrogen-bond acceptors (Lipinski definition) is 3. The van der Waals surface area contributed by atoms with Crippen molar-refractivity contribution in [2.24, 2.45) is 17.4 Å². The molecule has 2 aliphatic rings. The molecule has 0 radical (unpaired) electrons. The number of nitrogens with two attached hydrogens (primary N) is 2. The lowest BCUT2D eigenvalue weighted by atomic mass is 9.78. The summed E-state index contributed by atoms with van der Waals surface area (Å²) in [7, 11) is 0. The fraction of sp³-hybridized carbons (Fsp3) is 0.917. The van der Waals surface area contributed by atoms with Gasteiger partial charge in [0.05, 0.1) is 6.04 Å². The first-order valence-electron chi connectivity index (χ1n) is 6.47. The van der Waals surface area contributed by atoms with Crippen molar-refractivity contribution >= 4 is 5.91 Å². The number of carbonyl (C=O) groups is 1. The minimum absolute atomic E-state index is 0.377. The van der Waals surface area contributed by atoms with Gasteiger partial charge in [-0.1, -0.05) is 12.8 Å². The molecule has 0 aromatic heterocycles. The molecule has 92 valence electrons. The zero-order valence-electron chi connectivity index (χ0n) is 9.90. The SMILES string of the molecule is NC(=O)C(N)CN1CCC[C@H]2CCCC[C@H]21. The van der Waals surface area contributed by atoms with Gasteiger partial charge in [-0.15, -0.1) is 0 Å². The number of fused-ring (bicyclic) bond motifs is 1. The Morgan fingerprint density at radius 2 is 1.94 bits per heavy atom. The molecule has 16 heavy (non-hydrogen) atoms. The van der Waals surface area contributed by atoms with Crippen molar-refractivity contribution in [2.45, 2.75) is 50.6 Å². The van der Waals surface area contributed by atoms with Crippen molar-refractivity contribution in [3.05, 3.63) is 0 Å². The lowest BCUT2D eigenvalue weighted by Crippen LogP contribution is -2.53. The first-order valence-corrected chi connectivity index (χ1v) is 6.47. The highest BCUT2D eigenvalue weighted by molar-refractivity contribution is 5.79. The third-order valence-corrected chi connectivity index (χ3v) is 4.15. The predicted octanol–water partition coefficient (Wildman–Crippen LogP) is 0.454. The van der Waals surface area contributed by atoms with Crippen LogP contribution in [0.4, 0.5) is 0 Å². The molecule has 1 aliphatic heterocycles. The summed E-state index contributed by atoms with van der Waals surface area (Å²) in [5.41, 5.74) is 11.0. The van der Waals surface area contributed by atoms with E-state index in [1.165, 1.54) is 38.5 Å². The second-order valence-electron chi connectivity index (χ2n) is 5.26. The fourth-order valence-electron chi connectivity index (χ4n) is 3.30. The molecular weight excluding hydrogens is 202 g/mol. The second-order valence-corrected chi connectivity index (χ2v) is 5.26. The van der Waals surface area contributed by atoms with Crippen LogP contribution in [0.25, 0.3) is 0 Å². The zero-order valence-corrected chi connectivity index (χ0v) is 9.90. The van der Waals surface area contributed by atoms with Crippen LogP contribution in [-0.2, 0) is 4.79 Å². The summed E-state index contributed by atoms with van der Waals surface area (Å²) in [6.07, 6.45) is 7.92. The van der Waals surface area contributed by atoms with Gasteiger partial charge in [-0.25, -0.2) is 0 Å². The number of primary amides is 1. The van der Waals surface area contributed by atoms with E-state index < -0.39 is 6.04 Å². The average Bonchev–Trinajstić information content (AvgIpc) is 2.29. The van der Waals surface area contributed by atoms with Crippen LogP contribution in [0.5, 0.6) is 0 Å². The van der Waals surface area contributed by atoms with Gasteiger partial charge in [0.15, 0.2) is 0 Å². The van der Waals surface area contributed by atoms with Crippen LogP contribution in [0.2, 0.25) is 0 Å². The third kappa shape index (κ3) is 2.55. The van der Waals surface area contributed by atoms with Gasteiger partial charge in [0.2, 0.25) is 5.91 Å². The Balaban J connectivity index is 1.94. The Hall–Kier alpha value is -0.610. The van der Waals surface area contributed by atoms with Crippen LogP contribution >= 0.6 is 0 Å². The number of nitrogens with zero attached hydrogens (tertiary/aromatic N) is 1. The smallest absolute Gasteiger partial charge is 0.235 e. The highest BCUT2D eigenvalue weighted by atomic mass is 16.1. The Bertz CT molecular complexity index is 255. The van der Waals surface area contributed by atoms with E-state index in [1.807, 2.05) is 0 Å². The van der Waals surface area contributed by atoms with E-state index in [0.29, 0.717) is 12.6 Å². The van der Waals surface area contributed by atoms with Gasteiger partial charge in [-0.3, -0.25) is 9.69 Å². The number of amides is 1.